The van der Waals surface area contributed by atoms with E-state index in [0.717, 1.165) is 10.0 Å². The van der Waals surface area contributed by atoms with Crippen LogP contribution in [0.15, 0.2) is 22.7 Å². The molecule has 3 bridgehead atoms. The Hall–Kier alpha value is -1.76. The second-order valence-electron chi connectivity index (χ2n) is 13.7. The number of benzene rings is 1. The molecule has 0 saturated carbocycles. The number of halogens is 1. The average molecular weight is 686 g/mol. The molecule has 3 aliphatic heterocycles. The van der Waals surface area contributed by atoms with Crippen molar-refractivity contribution in [2.24, 2.45) is 23.2 Å². The first-order valence-electron chi connectivity index (χ1n) is 15.6. The molecule has 2 N–H and O–H groups in total. The Kier molecular flexibility index (Phi) is 10.8. The van der Waals surface area contributed by atoms with E-state index in [9.17, 15) is 19.8 Å². The van der Waals surface area contributed by atoms with Crippen LogP contribution in [0.5, 0.6) is 5.75 Å². The fourth-order valence-corrected chi connectivity index (χ4v) is 7.80. The summed E-state index contributed by atoms with van der Waals surface area (Å²) in [5, 5.41) is 20.4. The van der Waals surface area contributed by atoms with Crippen molar-refractivity contribution in [3.05, 3.63) is 28.2 Å². The monoisotopic (exact) mass is 684 g/mol. The second kappa shape index (κ2) is 13.5. The summed E-state index contributed by atoms with van der Waals surface area (Å²) in [7, 11) is 3.16. The van der Waals surface area contributed by atoms with Gasteiger partial charge in [-0.3, -0.25) is 9.59 Å². The maximum absolute atomic E-state index is 13.2. The van der Waals surface area contributed by atoms with E-state index in [4.69, 9.17) is 28.4 Å². The quantitative estimate of drug-likeness (QED) is 0.324. The summed E-state index contributed by atoms with van der Waals surface area (Å²) >= 11 is 3.58. The zero-order valence-corrected chi connectivity index (χ0v) is 28.7. The maximum atomic E-state index is 13.2. The van der Waals surface area contributed by atoms with Gasteiger partial charge in [-0.05, 0) is 55.9 Å². The number of aliphatic hydroxyl groups excluding tert-OH is 1. The van der Waals surface area contributed by atoms with Crippen molar-refractivity contribution >= 4 is 27.9 Å². The highest BCUT2D eigenvalue weighted by molar-refractivity contribution is 9.10. The van der Waals surface area contributed by atoms with Crippen molar-refractivity contribution in [3.8, 4) is 5.75 Å². The molecule has 248 valence electrons. The van der Waals surface area contributed by atoms with E-state index in [0.29, 0.717) is 19.3 Å². The Morgan fingerprint density at radius 2 is 1.77 bits per heavy atom. The molecule has 3 saturated heterocycles. The number of cyclic esters (lactones) is 1. The topological polar surface area (TPSA) is 130 Å². The van der Waals surface area contributed by atoms with E-state index < -0.39 is 47.2 Å². The minimum atomic E-state index is -1.35. The maximum Gasteiger partial charge on any atom is 0.311 e. The minimum absolute atomic E-state index is 0.0177. The lowest BCUT2D eigenvalue weighted by Gasteiger charge is -2.62. The molecule has 10 unspecified atom stereocenters. The molecule has 11 heteroatoms. The van der Waals surface area contributed by atoms with Crippen molar-refractivity contribution < 1.29 is 48.2 Å². The summed E-state index contributed by atoms with van der Waals surface area (Å²) in [5.41, 5.74) is 0.319. The van der Waals surface area contributed by atoms with Gasteiger partial charge in [-0.15, -0.1) is 0 Å². The van der Waals surface area contributed by atoms with E-state index in [1.807, 2.05) is 13.8 Å². The average Bonchev–Trinajstić information content (AvgIpc) is 2.94. The number of esters is 2. The highest BCUT2D eigenvalue weighted by Gasteiger charge is 2.65. The second-order valence-corrected chi connectivity index (χ2v) is 14.5. The molecule has 10 atom stereocenters. The highest BCUT2D eigenvalue weighted by Crippen LogP contribution is 2.58. The van der Waals surface area contributed by atoms with Gasteiger partial charge in [-0.25, -0.2) is 0 Å². The molecule has 10 nitrogen and oxygen atoms in total. The number of aliphatic hydroxyl groups is 1. The van der Waals surface area contributed by atoms with Gasteiger partial charge in [0.15, 0.2) is 11.6 Å². The molecule has 3 fully saturated rings. The first-order valence-corrected chi connectivity index (χ1v) is 16.4. The Bertz CT molecular complexity index is 1190. The van der Waals surface area contributed by atoms with Crippen LogP contribution in [0.1, 0.15) is 91.7 Å². The fourth-order valence-electron chi connectivity index (χ4n) is 7.30. The number of phenols is 1. The van der Waals surface area contributed by atoms with Gasteiger partial charge in [0.1, 0.15) is 18.0 Å². The van der Waals surface area contributed by atoms with Crippen molar-refractivity contribution in [3.63, 3.8) is 0 Å². The number of ether oxygens (including phenoxy) is 6. The molecular weight excluding hydrogens is 636 g/mol. The molecule has 1 aromatic carbocycles. The summed E-state index contributed by atoms with van der Waals surface area (Å²) < 4.78 is 38.3. The van der Waals surface area contributed by atoms with Crippen molar-refractivity contribution in [2.45, 2.75) is 122 Å². The summed E-state index contributed by atoms with van der Waals surface area (Å²) in [4.78, 5) is 26.5. The van der Waals surface area contributed by atoms with Crippen LogP contribution in [0, 0.1) is 23.2 Å². The number of aromatic hydroxyl groups is 1. The zero-order valence-electron chi connectivity index (χ0n) is 27.1. The van der Waals surface area contributed by atoms with Gasteiger partial charge in [0.25, 0.3) is 0 Å². The van der Waals surface area contributed by atoms with E-state index in [1.165, 1.54) is 14.0 Å². The first-order chi connectivity index (χ1) is 20.6. The predicted octanol–water partition coefficient (Wildman–Crippen LogP) is 5.80. The van der Waals surface area contributed by atoms with Crippen LogP contribution in [0.2, 0.25) is 0 Å². The predicted molar refractivity (Wildman–Crippen MR) is 164 cm³/mol. The molecule has 4 rings (SSSR count). The number of hydrogen-bond donors (Lipinski definition) is 2. The van der Waals surface area contributed by atoms with Crippen LogP contribution < -0.4 is 0 Å². The molecular formula is C33H49BrO10. The fraction of sp³-hybridized carbons (Fsp3) is 0.758. The normalized spacial score (nSPS) is 36.2. The summed E-state index contributed by atoms with van der Waals surface area (Å²) in [6.45, 7) is 11.7. The lowest BCUT2D eigenvalue weighted by Crippen LogP contribution is -2.69. The van der Waals surface area contributed by atoms with Gasteiger partial charge in [0, 0.05) is 42.4 Å². The lowest BCUT2D eigenvalue weighted by molar-refractivity contribution is -0.455. The SMILES string of the molecule is COC(CCC(C)C1OC23CC(OC(=O)CC(C(C)O)OC(=O)CC(OC)(O2)C(C)CC3(C)C)C1C)c1cc(O)ccc1Br. The molecule has 3 aliphatic rings. The van der Waals surface area contributed by atoms with Crippen molar-refractivity contribution in [2.75, 3.05) is 14.2 Å². The molecule has 0 aliphatic carbocycles. The van der Waals surface area contributed by atoms with Gasteiger partial charge in [0.2, 0.25) is 0 Å². The Morgan fingerprint density at radius 1 is 1.07 bits per heavy atom. The Labute approximate surface area is 269 Å². The van der Waals surface area contributed by atoms with Crippen LogP contribution in [-0.4, -0.2) is 72.4 Å². The number of phenolic OH excluding ortho intramolecular Hbond substituents is 1. The largest absolute Gasteiger partial charge is 0.508 e. The third-order valence-electron chi connectivity index (χ3n) is 10.1. The van der Waals surface area contributed by atoms with Gasteiger partial charge >= 0.3 is 11.9 Å². The lowest BCUT2D eigenvalue weighted by atomic mass is 9.66. The van der Waals surface area contributed by atoms with Crippen LogP contribution >= 0.6 is 15.9 Å². The van der Waals surface area contributed by atoms with Crippen LogP contribution in [0.3, 0.4) is 0 Å². The van der Waals surface area contributed by atoms with Crippen molar-refractivity contribution in [1.29, 1.82) is 0 Å². The zero-order chi connectivity index (χ0) is 32.6. The van der Waals surface area contributed by atoms with Crippen molar-refractivity contribution in [1.82, 2.24) is 0 Å². The van der Waals surface area contributed by atoms with Crippen LogP contribution in [-0.2, 0) is 38.0 Å². The minimum Gasteiger partial charge on any atom is -0.508 e. The Balaban J connectivity index is 1.69. The van der Waals surface area contributed by atoms with Gasteiger partial charge in [0.05, 0.1) is 31.2 Å². The van der Waals surface area contributed by atoms with Gasteiger partial charge in [-0.1, -0.05) is 50.5 Å². The number of fused-ring (bicyclic) bond motifs is 2. The molecule has 0 aromatic heterocycles. The van der Waals surface area contributed by atoms with Gasteiger partial charge in [-0.2, -0.15) is 0 Å². The van der Waals surface area contributed by atoms with E-state index >= 15 is 0 Å². The molecule has 1 aromatic rings. The summed E-state index contributed by atoms with van der Waals surface area (Å²) in [5.74, 6) is -4.02. The molecule has 0 radical (unpaired) electrons. The number of carbonyl (C=O) groups excluding carboxylic acids is 2. The highest BCUT2D eigenvalue weighted by atomic mass is 79.9. The van der Waals surface area contributed by atoms with Crippen LogP contribution in [0.4, 0.5) is 0 Å². The van der Waals surface area contributed by atoms with Crippen LogP contribution in [0.25, 0.3) is 0 Å². The number of hydrogen-bond acceptors (Lipinski definition) is 10. The molecule has 3 heterocycles. The third-order valence-corrected chi connectivity index (χ3v) is 10.8. The number of carbonyl (C=O) groups is 2. The molecule has 0 amide bonds. The number of rotatable bonds is 8. The first kappa shape index (κ1) is 35.1. The number of methoxy groups -OCH3 is 2. The smallest absolute Gasteiger partial charge is 0.311 e. The summed E-state index contributed by atoms with van der Waals surface area (Å²) in [6, 6.07) is 5.12. The third kappa shape index (κ3) is 6.98. The standard InChI is InChI=1S/C33H49BrO10/c1-18(9-12-25(39-7)23-13-22(36)10-11-24(23)34)30-20(3)27-16-33(43-30)31(5,6)15-19(2)32(40-8,44-33)17-29(38)41-26(21(4)35)14-28(37)42-27/h10-11,13,18-21,25-27,30,35-36H,9,12,14-17H2,1-8H3. The van der Waals surface area contributed by atoms with E-state index in [2.05, 4.69) is 36.7 Å². The molecule has 1 spiro atoms. The van der Waals surface area contributed by atoms with E-state index in [-0.39, 0.29) is 55.0 Å². The van der Waals surface area contributed by atoms with E-state index in [1.54, 1.807) is 25.3 Å². The summed E-state index contributed by atoms with van der Waals surface area (Å²) in [6.07, 6.45) is -1.61. The van der Waals surface area contributed by atoms with Gasteiger partial charge < -0.3 is 38.6 Å². The Morgan fingerprint density at radius 3 is 2.41 bits per heavy atom. The molecule has 44 heavy (non-hydrogen) atoms.